The Balaban J connectivity index is 2.90. The molecule has 5 heteroatoms. The van der Waals surface area contributed by atoms with Gasteiger partial charge in [-0.05, 0) is 24.6 Å². The summed E-state index contributed by atoms with van der Waals surface area (Å²) in [5, 5.41) is 0. The second kappa shape index (κ2) is 5.91. The standard InChI is InChI=1S/C12H19NO3S/c1-3-4-7-17(14,15)9-10-8-11(13)5-6-12(10)16-2/h5-6,8H,3-4,7,9,13H2,1-2H3. The molecule has 17 heavy (non-hydrogen) atoms. The molecule has 2 N–H and O–H groups in total. The number of anilines is 1. The fourth-order valence-corrected chi connectivity index (χ4v) is 3.16. The molecule has 1 aromatic rings. The van der Waals surface area contributed by atoms with E-state index >= 15 is 0 Å². The molecule has 0 bridgehead atoms. The first-order chi connectivity index (χ1) is 7.98. The number of methoxy groups -OCH3 is 1. The van der Waals surface area contributed by atoms with Gasteiger partial charge in [0.05, 0.1) is 18.6 Å². The number of sulfone groups is 1. The number of hydrogen-bond acceptors (Lipinski definition) is 4. The number of nitrogens with two attached hydrogens (primary N) is 1. The van der Waals surface area contributed by atoms with Gasteiger partial charge in [-0.1, -0.05) is 13.3 Å². The first kappa shape index (κ1) is 13.8. The summed E-state index contributed by atoms with van der Waals surface area (Å²) in [7, 11) is -1.56. The van der Waals surface area contributed by atoms with E-state index in [2.05, 4.69) is 0 Å². The Morgan fingerprint density at radius 2 is 2.06 bits per heavy atom. The van der Waals surface area contributed by atoms with Gasteiger partial charge >= 0.3 is 0 Å². The average molecular weight is 257 g/mol. The Hall–Kier alpha value is -1.23. The van der Waals surface area contributed by atoms with E-state index in [0.29, 0.717) is 23.4 Å². The maximum Gasteiger partial charge on any atom is 0.154 e. The second-order valence-corrected chi connectivity index (χ2v) is 6.20. The molecule has 0 fully saturated rings. The average Bonchev–Trinajstić information content (AvgIpc) is 2.26. The zero-order valence-electron chi connectivity index (χ0n) is 10.3. The lowest BCUT2D eigenvalue weighted by Crippen LogP contribution is -2.10. The summed E-state index contributed by atoms with van der Waals surface area (Å²) >= 11 is 0. The molecule has 0 aromatic heterocycles. The van der Waals surface area contributed by atoms with Crippen molar-refractivity contribution in [1.29, 1.82) is 0 Å². The van der Waals surface area contributed by atoms with Crippen molar-refractivity contribution in [1.82, 2.24) is 0 Å². The lowest BCUT2D eigenvalue weighted by atomic mass is 10.2. The monoisotopic (exact) mass is 257 g/mol. The number of nitrogen functional groups attached to an aromatic ring is 1. The Morgan fingerprint density at radius 3 is 2.65 bits per heavy atom. The van der Waals surface area contributed by atoms with Crippen molar-refractivity contribution in [2.75, 3.05) is 18.6 Å². The summed E-state index contributed by atoms with van der Waals surface area (Å²) in [6.07, 6.45) is 1.56. The van der Waals surface area contributed by atoms with Gasteiger partial charge < -0.3 is 10.5 Å². The van der Waals surface area contributed by atoms with Crippen LogP contribution in [0.25, 0.3) is 0 Å². The van der Waals surface area contributed by atoms with Crippen LogP contribution < -0.4 is 10.5 Å². The van der Waals surface area contributed by atoms with Crippen LogP contribution in [0, 0.1) is 0 Å². The maximum atomic E-state index is 11.8. The van der Waals surface area contributed by atoms with Crippen LogP contribution in [0.3, 0.4) is 0 Å². The van der Waals surface area contributed by atoms with Gasteiger partial charge in [0.15, 0.2) is 9.84 Å². The van der Waals surface area contributed by atoms with E-state index in [0.717, 1.165) is 6.42 Å². The van der Waals surface area contributed by atoms with Crippen molar-refractivity contribution < 1.29 is 13.2 Å². The van der Waals surface area contributed by atoms with Crippen LogP contribution in [-0.2, 0) is 15.6 Å². The molecule has 1 rings (SSSR count). The summed E-state index contributed by atoms with van der Waals surface area (Å²) in [5.41, 5.74) is 6.83. The molecule has 0 radical (unpaired) electrons. The van der Waals surface area contributed by atoms with Crippen LogP contribution in [0.15, 0.2) is 18.2 Å². The van der Waals surface area contributed by atoms with Gasteiger partial charge in [0.2, 0.25) is 0 Å². The highest BCUT2D eigenvalue weighted by atomic mass is 32.2. The van der Waals surface area contributed by atoms with Gasteiger partial charge in [0.25, 0.3) is 0 Å². The fraction of sp³-hybridized carbons (Fsp3) is 0.500. The van der Waals surface area contributed by atoms with Gasteiger partial charge in [0, 0.05) is 11.3 Å². The zero-order chi connectivity index (χ0) is 12.9. The van der Waals surface area contributed by atoms with E-state index in [9.17, 15) is 8.42 Å². The molecule has 0 saturated carbocycles. The van der Waals surface area contributed by atoms with Crippen molar-refractivity contribution in [3.8, 4) is 5.75 Å². The molecular formula is C12H19NO3S. The van der Waals surface area contributed by atoms with Gasteiger partial charge in [-0.3, -0.25) is 0 Å². The quantitative estimate of drug-likeness (QED) is 0.791. The third-order valence-electron chi connectivity index (χ3n) is 2.49. The fourth-order valence-electron chi connectivity index (χ4n) is 1.58. The van der Waals surface area contributed by atoms with Crippen LogP contribution in [0.4, 0.5) is 5.69 Å². The Bertz CT molecular complexity index is 469. The van der Waals surface area contributed by atoms with Crippen LogP contribution >= 0.6 is 0 Å². The molecule has 0 aliphatic heterocycles. The van der Waals surface area contributed by atoms with Crippen molar-refractivity contribution in [2.24, 2.45) is 0 Å². The van der Waals surface area contributed by atoms with Crippen LogP contribution in [0.1, 0.15) is 25.3 Å². The Morgan fingerprint density at radius 1 is 1.35 bits per heavy atom. The first-order valence-corrected chi connectivity index (χ1v) is 7.43. The SMILES string of the molecule is CCCCS(=O)(=O)Cc1cc(N)ccc1OC. The predicted molar refractivity (Wildman–Crippen MR) is 69.8 cm³/mol. The number of unbranched alkanes of at least 4 members (excludes halogenated alkanes) is 1. The number of rotatable bonds is 6. The van der Waals surface area contributed by atoms with Crippen molar-refractivity contribution >= 4 is 15.5 Å². The highest BCUT2D eigenvalue weighted by molar-refractivity contribution is 7.90. The summed E-state index contributed by atoms with van der Waals surface area (Å²) in [4.78, 5) is 0. The molecule has 0 aliphatic rings. The third kappa shape index (κ3) is 4.26. The molecule has 0 heterocycles. The molecule has 0 saturated heterocycles. The highest BCUT2D eigenvalue weighted by Gasteiger charge is 2.14. The zero-order valence-corrected chi connectivity index (χ0v) is 11.1. The van der Waals surface area contributed by atoms with Gasteiger partial charge in [-0.15, -0.1) is 0 Å². The van der Waals surface area contributed by atoms with E-state index in [-0.39, 0.29) is 11.5 Å². The van der Waals surface area contributed by atoms with E-state index in [1.54, 1.807) is 18.2 Å². The molecular weight excluding hydrogens is 238 g/mol. The molecule has 0 spiro atoms. The number of benzene rings is 1. The highest BCUT2D eigenvalue weighted by Crippen LogP contribution is 2.23. The summed E-state index contributed by atoms with van der Waals surface area (Å²) in [6.45, 7) is 1.97. The predicted octanol–water partition coefficient (Wildman–Crippen LogP) is 1.99. The molecule has 1 aromatic carbocycles. The maximum absolute atomic E-state index is 11.8. The van der Waals surface area contributed by atoms with Crippen molar-refractivity contribution in [3.05, 3.63) is 23.8 Å². The van der Waals surface area contributed by atoms with Crippen molar-refractivity contribution in [3.63, 3.8) is 0 Å². The summed E-state index contributed by atoms with van der Waals surface area (Å²) in [6, 6.07) is 5.04. The van der Waals surface area contributed by atoms with Crippen LogP contribution in [0.2, 0.25) is 0 Å². The molecule has 0 unspecified atom stereocenters. The van der Waals surface area contributed by atoms with E-state index in [4.69, 9.17) is 10.5 Å². The molecule has 0 amide bonds. The second-order valence-electron chi connectivity index (χ2n) is 4.02. The molecule has 4 nitrogen and oxygen atoms in total. The smallest absolute Gasteiger partial charge is 0.154 e. The minimum atomic E-state index is -3.08. The number of ether oxygens (including phenoxy) is 1. The van der Waals surface area contributed by atoms with E-state index in [1.807, 2.05) is 6.92 Å². The minimum Gasteiger partial charge on any atom is -0.496 e. The molecule has 0 aliphatic carbocycles. The topological polar surface area (TPSA) is 69.4 Å². The van der Waals surface area contributed by atoms with Crippen molar-refractivity contribution in [2.45, 2.75) is 25.5 Å². The molecule has 0 atom stereocenters. The summed E-state index contributed by atoms with van der Waals surface area (Å²) in [5.74, 6) is 0.766. The normalized spacial score (nSPS) is 11.4. The Labute approximate surface area is 103 Å². The van der Waals surface area contributed by atoms with Gasteiger partial charge in [0.1, 0.15) is 5.75 Å². The van der Waals surface area contributed by atoms with Gasteiger partial charge in [-0.25, -0.2) is 8.42 Å². The lowest BCUT2D eigenvalue weighted by molar-refractivity contribution is 0.411. The Kier molecular flexibility index (Phi) is 4.81. The summed E-state index contributed by atoms with van der Waals surface area (Å²) < 4.78 is 28.8. The van der Waals surface area contributed by atoms with Crippen LogP contribution in [0.5, 0.6) is 5.75 Å². The van der Waals surface area contributed by atoms with E-state index < -0.39 is 9.84 Å². The number of hydrogen-bond donors (Lipinski definition) is 1. The largest absolute Gasteiger partial charge is 0.496 e. The molecule has 96 valence electrons. The third-order valence-corrected chi connectivity index (χ3v) is 4.15. The van der Waals surface area contributed by atoms with E-state index in [1.165, 1.54) is 7.11 Å². The lowest BCUT2D eigenvalue weighted by Gasteiger charge is -2.09. The minimum absolute atomic E-state index is 0.0127. The first-order valence-electron chi connectivity index (χ1n) is 5.61. The van der Waals surface area contributed by atoms with Crippen LogP contribution in [-0.4, -0.2) is 21.3 Å². The van der Waals surface area contributed by atoms with Gasteiger partial charge in [-0.2, -0.15) is 0 Å².